The predicted molar refractivity (Wildman–Crippen MR) is 293 cm³/mol. The van der Waals surface area contributed by atoms with Crippen molar-refractivity contribution in [2.45, 2.75) is 70.3 Å². The van der Waals surface area contributed by atoms with Crippen LogP contribution >= 0.6 is 0 Å². The van der Waals surface area contributed by atoms with Gasteiger partial charge in [-0.15, -0.1) is 0 Å². The summed E-state index contributed by atoms with van der Waals surface area (Å²) < 4.78 is 41.7. The highest BCUT2D eigenvalue weighted by atomic mass is 19.1. The molecule has 3 amide bonds. The number of carbonyl (C=O) groups is 4. The zero-order chi connectivity index (χ0) is 55.2. The molecule has 0 aliphatic carbocycles. The first-order valence-corrected chi connectivity index (χ1v) is 26.8. The number of halogens is 1. The van der Waals surface area contributed by atoms with Crippen molar-refractivity contribution in [1.82, 2.24) is 30.7 Å². The maximum atomic E-state index is 14.5. The normalized spacial score (nSPS) is 16.2. The van der Waals surface area contributed by atoms with Crippen molar-refractivity contribution in [2.75, 3.05) is 86.1 Å². The van der Waals surface area contributed by atoms with E-state index in [9.17, 15) is 33.8 Å². The summed E-state index contributed by atoms with van der Waals surface area (Å²) >= 11 is 0. The molecule has 5 N–H and O–H groups in total. The number of carbonyl (C=O) groups excluding carboxylic acids is 4. The lowest BCUT2D eigenvalue weighted by Gasteiger charge is -2.38. The number of aliphatic hydroxyl groups excluding tert-OH is 1. The number of pyridine rings is 1. The van der Waals surface area contributed by atoms with Crippen LogP contribution < -0.4 is 20.7 Å². The van der Waals surface area contributed by atoms with Crippen LogP contribution in [-0.4, -0.2) is 153 Å². The molecule has 4 aromatic carbocycles. The Hall–Kier alpha value is -7.06. The van der Waals surface area contributed by atoms with Crippen LogP contribution in [-0.2, 0) is 28.5 Å². The Balaban J connectivity index is 0.750. The molecule has 3 heterocycles. The Morgan fingerprint density at radius 1 is 0.744 bits per heavy atom. The van der Waals surface area contributed by atoms with Gasteiger partial charge in [0, 0.05) is 49.7 Å². The Kier molecular flexibility index (Phi) is 22.7. The fraction of sp³-hybridized carbons (Fsp3) is 0.417. The Morgan fingerprint density at radius 3 is 2.05 bits per heavy atom. The average molecular weight is 1070 g/mol. The highest BCUT2D eigenvalue weighted by Gasteiger charge is 2.41. The van der Waals surface area contributed by atoms with Crippen molar-refractivity contribution in [3.8, 4) is 11.5 Å². The van der Waals surface area contributed by atoms with E-state index < -0.39 is 30.2 Å². The lowest BCUT2D eigenvalue weighted by molar-refractivity contribution is -0.139. The first-order chi connectivity index (χ1) is 37.9. The number of benzene rings is 4. The number of piperidine rings is 1. The van der Waals surface area contributed by atoms with Gasteiger partial charge in [-0.1, -0.05) is 61.5 Å². The monoisotopic (exact) mass is 1070 g/mol. The average Bonchev–Trinajstić information content (AvgIpc) is 4.02. The number of hydrogen-bond donors (Lipinski definition) is 5. The summed E-state index contributed by atoms with van der Waals surface area (Å²) in [4.78, 5) is 61.7. The number of amides is 3. The Labute approximate surface area is 456 Å². The third-order valence-corrected chi connectivity index (χ3v) is 14.0. The van der Waals surface area contributed by atoms with E-state index in [4.69, 9.17) is 23.7 Å². The number of nitrogens with zero attached hydrogens (tertiary/aromatic N) is 3. The molecule has 0 saturated carbocycles. The minimum atomic E-state index is -0.891. The van der Waals surface area contributed by atoms with E-state index in [0.717, 1.165) is 35.1 Å². The van der Waals surface area contributed by atoms with Gasteiger partial charge in [0.15, 0.2) is 5.78 Å². The number of phenolic OH excluding ortho intramolecular Hbond substituents is 1. The number of nitrogens with one attached hydrogen (secondary N) is 3. The molecule has 0 bridgehead atoms. The standard InChI is InChI=1S/C60H73FN6O11/c1-4-52(42-9-6-5-7-10-42)55(43-14-20-50(68)21-15-43)44-16-22-51(23-17-44)77-30-26-64-54(69)40-76-34-33-74-31-32-75-35-36-78-60(73)66-28-24-45(25-29-66)56(65-58(71)41(2)62-3)59(72)67-27-8-11-53(67)47-37-48(39-63-38-47)57(70)46-12-18-49(61)19-13-46/h5-7,9-10,12-23,37-39,41,45,53-54,56,62,64,68-69H,4,8,11,24-36,40H2,1-3H3,(H,65,71)/b55-52-/t41-,53-,54?,56-/m0/s1. The first kappa shape index (κ1) is 58.6. The molecule has 416 valence electrons. The van der Waals surface area contributed by atoms with E-state index in [1.807, 2.05) is 54.6 Å². The van der Waals surface area contributed by atoms with Crippen LogP contribution in [0.2, 0.25) is 0 Å². The van der Waals surface area contributed by atoms with Gasteiger partial charge in [0.25, 0.3) is 0 Å². The highest BCUT2D eigenvalue weighted by Crippen LogP contribution is 2.37. The summed E-state index contributed by atoms with van der Waals surface area (Å²) in [5.74, 6) is -0.643. The van der Waals surface area contributed by atoms with Crippen LogP contribution in [0.25, 0.3) is 11.1 Å². The third kappa shape index (κ3) is 16.7. The van der Waals surface area contributed by atoms with Crippen molar-refractivity contribution in [3.05, 3.63) is 161 Å². The van der Waals surface area contributed by atoms with Gasteiger partial charge in [-0.05, 0) is 140 Å². The molecule has 2 saturated heterocycles. The number of hydrogen-bond acceptors (Lipinski definition) is 14. The van der Waals surface area contributed by atoms with Gasteiger partial charge in [-0.2, -0.15) is 0 Å². The summed E-state index contributed by atoms with van der Waals surface area (Å²) in [6.45, 7) is 7.13. The van der Waals surface area contributed by atoms with Crippen molar-refractivity contribution >= 4 is 34.8 Å². The summed E-state index contributed by atoms with van der Waals surface area (Å²) in [5.41, 5.74) is 6.81. The topological polar surface area (TPSA) is 210 Å². The number of likely N-dealkylation sites (N-methyl/N-ethyl adjacent to an activating group) is 1. The summed E-state index contributed by atoms with van der Waals surface area (Å²) in [6, 6.07) is 30.7. The van der Waals surface area contributed by atoms with Crippen LogP contribution in [0.5, 0.6) is 11.5 Å². The molecule has 2 aliphatic heterocycles. The number of ketones is 1. The molecular weight excluding hydrogens is 1000 g/mol. The van der Waals surface area contributed by atoms with Crippen molar-refractivity contribution < 1.29 is 57.5 Å². The minimum absolute atomic E-state index is 0.0422. The fourth-order valence-corrected chi connectivity index (χ4v) is 9.69. The smallest absolute Gasteiger partial charge is 0.409 e. The summed E-state index contributed by atoms with van der Waals surface area (Å²) in [5, 5.41) is 29.2. The SMILES string of the molecule is CC/C(=C(\c1ccc(O)cc1)c1ccc(OCCNC(O)COCCOCCOCCOC(=O)N2CCC([C@H](NC(=O)[C@H](C)NC)C(=O)N3CCC[C@H]3c3cncc(C(=O)c4ccc(F)cc4)c3)CC2)cc1)c1ccccc1. The van der Waals surface area contributed by atoms with Gasteiger partial charge in [-0.3, -0.25) is 24.7 Å². The molecule has 7 rings (SSSR count). The maximum absolute atomic E-state index is 14.5. The number of rotatable bonds is 28. The molecule has 18 heteroatoms. The van der Waals surface area contributed by atoms with E-state index in [1.54, 1.807) is 48.2 Å². The number of likely N-dealkylation sites (tertiary alicyclic amines) is 2. The number of phenols is 1. The van der Waals surface area contributed by atoms with Gasteiger partial charge in [-0.25, -0.2) is 9.18 Å². The first-order valence-electron chi connectivity index (χ1n) is 26.8. The van der Waals surface area contributed by atoms with Gasteiger partial charge in [0.1, 0.15) is 42.8 Å². The third-order valence-electron chi connectivity index (χ3n) is 14.0. The molecule has 1 aromatic heterocycles. The number of allylic oxidation sites excluding steroid dienone is 1. The van der Waals surface area contributed by atoms with E-state index in [2.05, 4.69) is 40.0 Å². The van der Waals surface area contributed by atoms with Crippen LogP contribution in [0.4, 0.5) is 9.18 Å². The molecule has 1 unspecified atom stereocenters. The largest absolute Gasteiger partial charge is 0.508 e. The van der Waals surface area contributed by atoms with Gasteiger partial charge >= 0.3 is 6.09 Å². The minimum Gasteiger partial charge on any atom is -0.508 e. The molecule has 0 spiro atoms. The number of ether oxygens (including phenoxy) is 5. The quantitative estimate of drug-likeness (QED) is 0.0146. The number of aliphatic hydroxyl groups is 1. The van der Waals surface area contributed by atoms with Crippen molar-refractivity contribution in [2.24, 2.45) is 5.92 Å². The maximum Gasteiger partial charge on any atom is 0.409 e. The van der Waals surface area contributed by atoms with Crippen molar-refractivity contribution in [1.29, 1.82) is 0 Å². The summed E-state index contributed by atoms with van der Waals surface area (Å²) in [7, 11) is 1.67. The second-order valence-corrected chi connectivity index (χ2v) is 19.2. The molecule has 5 aromatic rings. The zero-order valence-electron chi connectivity index (χ0n) is 44.7. The van der Waals surface area contributed by atoms with Crippen LogP contribution in [0.3, 0.4) is 0 Å². The van der Waals surface area contributed by atoms with E-state index in [0.29, 0.717) is 87.7 Å². The molecule has 17 nitrogen and oxygen atoms in total. The van der Waals surface area contributed by atoms with Crippen LogP contribution in [0, 0.1) is 11.7 Å². The summed E-state index contributed by atoms with van der Waals surface area (Å²) in [6.07, 6.45) is 4.83. The molecule has 2 fully saturated rings. The Morgan fingerprint density at radius 2 is 1.38 bits per heavy atom. The van der Waals surface area contributed by atoms with E-state index in [-0.39, 0.29) is 68.3 Å². The molecule has 2 aliphatic rings. The zero-order valence-corrected chi connectivity index (χ0v) is 44.7. The van der Waals surface area contributed by atoms with Gasteiger partial charge in [0.2, 0.25) is 11.8 Å². The predicted octanol–water partition coefficient (Wildman–Crippen LogP) is 7.17. The second kappa shape index (κ2) is 30.2. The van der Waals surface area contributed by atoms with Crippen LogP contribution in [0.1, 0.15) is 90.2 Å². The van der Waals surface area contributed by atoms with Crippen LogP contribution in [0.15, 0.2) is 122 Å². The second-order valence-electron chi connectivity index (χ2n) is 19.2. The lowest BCUT2D eigenvalue weighted by Crippen LogP contribution is -2.57. The van der Waals surface area contributed by atoms with Gasteiger partial charge < -0.3 is 54.3 Å². The van der Waals surface area contributed by atoms with E-state index >= 15 is 0 Å². The fourth-order valence-electron chi connectivity index (χ4n) is 9.69. The van der Waals surface area contributed by atoms with Crippen molar-refractivity contribution in [3.63, 3.8) is 0 Å². The molecule has 4 atom stereocenters. The number of aromatic nitrogens is 1. The van der Waals surface area contributed by atoms with E-state index in [1.165, 1.54) is 36.0 Å². The number of aromatic hydroxyl groups is 1. The highest BCUT2D eigenvalue weighted by molar-refractivity contribution is 6.09. The Bertz CT molecular complexity index is 2720. The lowest BCUT2D eigenvalue weighted by atomic mass is 9.88. The molecular formula is C60H73FN6O11. The molecule has 0 radical (unpaired) electrons. The van der Waals surface area contributed by atoms with Gasteiger partial charge in [0.05, 0.1) is 51.7 Å². The molecule has 78 heavy (non-hydrogen) atoms.